The van der Waals surface area contributed by atoms with Crippen LogP contribution in [-0.4, -0.2) is 26.6 Å². The van der Waals surface area contributed by atoms with Crippen molar-refractivity contribution in [1.82, 2.24) is 5.32 Å². The van der Waals surface area contributed by atoms with E-state index in [2.05, 4.69) is 11.4 Å². The minimum Gasteiger partial charge on any atom is -0.347 e. The average molecular weight is 437 g/mol. The van der Waals surface area contributed by atoms with Gasteiger partial charge in [0.25, 0.3) is 0 Å². The highest BCUT2D eigenvalue weighted by Gasteiger charge is 2.32. The summed E-state index contributed by atoms with van der Waals surface area (Å²) in [6.07, 6.45) is 2.15. The number of carbonyl (C=O) groups excluding carboxylic acids is 1. The van der Waals surface area contributed by atoms with Gasteiger partial charge >= 0.3 is 0 Å². The van der Waals surface area contributed by atoms with Crippen molar-refractivity contribution in [2.24, 2.45) is 0 Å². The molecule has 0 unspecified atom stereocenters. The summed E-state index contributed by atoms with van der Waals surface area (Å²) >= 11 is 5.94. The number of rotatable bonds is 8. The summed E-state index contributed by atoms with van der Waals surface area (Å²) in [6.45, 7) is 7.87. The Morgan fingerprint density at radius 3 is 2.14 bits per heavy atom. The Balaban J connectivity index is 2.34. The van der Waals surface area contributed by atoms with Gasteiger partial charge in [-0.05, 0) is 67.6 Å². The molecule has 0 aliphatic heterocycles. The summed E-state index contributed by atoms with van der Waals surface area (Å²) in [5.41, 5.74) is 3.77. The first-order valence-electron chi connectivity index (χ1n) is 9.71. The van der Waals surface area contributed by atoms with Crippen LogP contribution in [0.15, 0.2) is 42.5 Å². The molecule has 29 heavy (non-hydrogen) atoms. The molecule has 2 rings (SSSR count). The van der Waals surface area contributed by atoms with E-state index in [-0.39, 0.29) is 11.9 Å². The molecule has 2 aromatic rings. The summed E-state index contributed by atoms with van der Waals surface area (Å²) in [7, 11) is -3.68. The van der Waals surface area contributed by atoms with Crippen LogP contribution < -0.4 is 9.62 Å². The van der Waals surface area contributed by atoms with Crippen molar-refractivity contribution in [2.75, 3.05) is 10.6 Å². The number of sulfonamides is 1. The van der Waals surface area contributed by atoms with E-state index in [9.17, 15) is 13.2 Å². The van der Waals surface area contributed by atoms with Crippen molar-refractivity contribution in [3.05, 3.63) is 64.2 Å². The monoisotopic (exact) mass is 436 g/mol. The molecule has 0 heterocycles. The fourth-order valence-corrected chi connectivity index (χ4v) is 4.66. The molecule has 158 valence electrons. The van der Waals surface area contributed by atoms with E-state index in [1.807, 2.05) is 32.9 Å². The van der Waals surface area contributed by atoms with Crippen LogP contribution in [0.5, 0.6) is 0 Å². The second-order valence-electron chi connectivity index (χ2n) is 7.27. The van der Waals surface area contributed by atoms with Gasteiger partial charge in [-0.25, -0.2) is 8.42 Å². The Hall–Kier alpha value is -2.05. The summed E-state index contributed by atoms with van der Waals surface area (Å²) in [6, 6.07) is 11.5. The third-order valence-electron chi connectivity index (χ3n) is 5.07. The molecule has 2 atom stereocenters. The number of aryl methyl sites for hydroxylation is 2. The van der Waals surface area contributed by atoms with Crippen LogP contribution in [0.4, 0.5) is 5.69 Å². The van der Waals surface area contributed by atoms with Crippen molar-refractivity contribution in [2.45, 2.75) is 52.6 Å². The molecule has 7 heteroatoms. The Labute approximate surface area is 179 Å². The molecule has 0 aliphatic rings. The highest BCUT2D eigenvalue weighted by Crippen LogP contribution is 2.26. The van der Waals surface area contributed by atoms with Gasteiger partial charge in [0.1, 0.15) is 6.04 Å². The number of hydrogen-bond acceptors (Lipinski definition) is 3. The molecule has 0 radical (unpaired) electrons. The number of carbonyl (C=O) groups is 1. The van der Waals surface area contributed by atoms with Crippen LogP contribution >= 0.6 is 11.6 Å². The molecule has 0 bridgehead atoms. The van der Waals surface area contributed by atoms with Gasteiger partial charge in [-0.15, -0.1) is 0 Å². The number of nitrogens with one attached hydrogen (secondary N) is 1. The Morgan fingerprint density at radius 1 is 1.03 bits per heavy atom. The van der Waals surface area contributed by atoms with Crippen molar-refractivity contribution in [3.63, 3.8) is 0 Å². The number of anilines is 1. The second kappa shape index (κ2) is 9.63. The van der Waals surface area contributed by atoms with Gasteiger partial charge in [0.05, 0.1) is 18.0 Å². The molecule has 0 spiro atoms. The van der Waals surface area contributed by atoms with Gasteiger partial charge < -0.3 is 5.32 Å². The SMILES string of the molecule is CC[C@H](NC(=O)[C@@H](CC)N(c1ccc(Cl)cc1)S(C)(=O)=O)c1ccc(C)c(C)c1. The fourth-order valence-electron chi connectivity index (χ4n) is 3.32. The van der Waals surface area contributed by atoms with Crippen molar-refractivity contribution in [3.8, 4) is 0 Å². The molecule has 1 N–H and O–H groups in total. The lowest BCUT2D eigenvalue weighted by molar-refractivity contribution is -0.123. The summed E-state index contributed by atoms with van der Waals surface area (Å²) in [5, 5.41) is 3.54. The fraction of sp³-hybridized carbons (Fsp3) is 0.409. The quantitative estimate of drug-likeness (QED) is 0.648. The number of benzene rings is 2. The van der Waals surface area contributed by atoms with Crippen molar-refractivity contribution >= 4 is 33.2 Å². The molecular formula is C22H29ClN2O3S. The summed E-state index contributed by atoms with van der Waals surface area (Å²) in [4.78, 5) is 13.2. The first kappa shape index (κ1) is 23.2. The van der Waals surface area contributed by atoms with Crippen LogP contribution in [0, 0.1) is 13.8 Å². The van der Waals surface area contributed by atoms with E-state index in [1.165, 1.54) is 9.87 Å². The maximum Gasteiger partial charge on any atom is 0.244 e. The highest BCUT2D eigenvalue weighted by molar-refractivity contribution is 7.92. The Bertz CT molecular complexity index is 959. The number of halogens is 1. The molecular weight excluding hydrogens is 408 g/mol. The second-order valence-corrected chi connectivity index (χ2v) is 9.57. The minimum atomic E-state index is -3.68. The van der Waals surface area contributed by atoms with Crippen molar-refractivity contribution in [1.29, 1.82) is 0 Å². The first-order valence-corrected chi connectivity index (χ1v) is 11.9. The zero-order chi connectivity index (χ0) is 21.8. The first-order chi connectivity index (χ1) is 13.6. The largest absolute Gasteiger partial charge is 0.347 e. The molecule has 0 fully saturated rings. The van der Waals surface area contributed by atoms with E-state index in [4.69, 9.17) is 11.6 Å². The van der Waals surface area contributed by atoms with Gasteiger partial charge in [-0.3, -0.25) is 9.10 Å². The third kappa shape index (κ3) is 5.73. The smallest absolute Gasteiger partial charge is 0.244 e. The van der Waals surface area contributed by atoms with Gasteiger partial charge in [0, 0.05) is 5.02 Å². The lowest BCUT2D eigenvalue weighted by Crippen LogP contribution is -2.50. The molecule has 1 amide bonds. The highest BCUT2D eigenvalue weighted by atomic mass is 35.5. The van der Waals surface area contributed by atoms with Crippen molar-refractivity contribution < 1.29 is 13.2 Å². The van der Waals surface area contributed by atoms with Crippen LogP contribution in [0.1, 0.15) is 49.4 Å². The zero-order valence-corrected chi connectivity index (χ0v) is 19.1. The Kier molecular flexibility index (Phi) is 7.72. The lowest BCUT2D eigenvalue weighted by atomic mass is 9.99. The molecule has 0 aliphatic carbocycles. The van der Waals surface area contributed by atoms with E-state index in [1.54, 1.807) is 31.2 Å². The predicted octanol–water partition coefficient (Wildman–Crippen LogP) is 4.77. The maximum absolute atomic E-state index is 13.2. The standard InChI is InChI=1S/C22H29ClN2O3S/c1-6-20(17-9-8-15(3)16(4)14-17)24-22(26)21(7-2)25(29(5,27)28)19-12-10-18(23)11-13-19/h8-14,20-21H,6-7H2,1-5H3,(H,24,26)/t20-,21+/m0/s1. The van der Waals surface area contributed by atoms with E-state index >= 15 is 0 Å². The van der Waals surface area contributed by atoms with Crippen LogP contribution in [0.3, 0.4) is 0 Å². The van der Waals surface area contributed by atoms with E-state index < -0.39 is 16.1 Å². The van der Waals surface area contributed by atoms with E-state index in [0.717, 1.165) is 17.4 Å². The Morgan fingerprint density at radius 2 is 1.66 bits per heavy atom. The van der Waals surface area contributed by atoms with Crippen LogP contribution in [0.25, 0.3) is 0 Å². The summed E-state index contributed by atoms with van der Waals surface area (Å²) < 4.78 is 26.3. The predicted molar refractivity (Wildman–Crippen MR) is 120 cm³/mol. The van der Waals surface area contributed by atoms with Gasteiger partial charge in [0.15, 0.2) is 0 Å². The third-order valence-corrected chi connectivity index (χ3v) is 6.50. The average Bonchev–Trinajstić information content (AvgIpc) is 2.66. The zero-order valence-electron chi connectivity index (χ0n) is 17.6. The molecule has 2 aromatic carbocycles. The van der Waals surface area contributed by atoms with Gasteiger partial charge in [-0.2, -0.15) is 0 Å². The molecule has 0 saturated heterocycles. The van der Waals surface area contributed by atoms with Gasteiger partial charge in [0.2, 0.25) is 15.9 Å². The normalized spacial score (nSPS) is 13.6. The van der Waals surface area contributed by atoms with Gasteiger partial charge in [-0.1, -0.05) is 43.6 Å². The number of amides is 1. The lowest BCUT2D eigenvalue weighted by Gasteiger charge is -2.31. The number of hydrogen-bond donors (Lipinski definition) is 1. The van der Waals surface area contributed by atoms with Crippen LogP contribution in [0.2, 0.25) is 5.02 Å². The number of nitrogens with zero attached hydrogens (tertiary/aromatic N) is 1. The molecule has 5 nitrogen and oxygen atoms in total. The topological polar surface area (TPSA) is 66.5 Å². The maximum atomic E-state index is 13.2. The van der Waals surface area contributed by atoms with Crippen LogP contribution in [-0.2, 0) is 14.8 Å². The molecule has 0 saturated carbocycles. The summed E-state index contributed by atoms with van der Waals surface area (Å²) in [5.74, 6) is -0.321. The molecule has 0 aromatic heterocycles. The minimum absolute atomic E-state index is 0.192. The van der Waals surface area contributed by atoms with E-state index in [0.29, 0.717) is 23.6 Å².